The van der Waals surface area contributed by atoms with Gasteiger partial charge in [-0.2, -0.15) is 10.5 Å². The second kappa shape index (κ2) is 7.61. The molecule has 108 valence electrons. The smallest absolute Gasteiger partial charge is 0.101 e. The fraction of sp³-hybridized carbons (Fsp3) is 0.167. The molecule has 0 radical (unpaired) electrons. The van der Waals surface area contributed by atoms with Crippen LogP contribution in [0, 0.1) is 22.7 Å². The van der Waals surface area contributed by atoms with Crippen LogP contribution < -0.4 is 4.90 Å². The fourth-order valence-corrected chi connectivity index (χ4v) is 2.02. The minimum absolute atomic E-state index is 0.496. The van der Waals surface area contributed by atoms with Crippen LogP contribution in [0.4, 0.5) is 5.69 Å². The summed E-state index contributed by atoms with van der Waals surface area (Å²) in [5.74, 6) is 0. The lowest BCUT2D eigenvalue weighted by Crippen LogP contribution is -2.17. The predicted octanol–water partition coefficient (Wildman–Crippen LogP) is 3.50. The van der Waals surface area contributed by atoms with Crippen LogP contribution >= 0.6 is 0 Å². The normalized spacial score (nSPS) is 10.6. The van der Waals surface area contributed by atoms with Crippen molar-refractivity contribution in [2.45, 2.75) is 6.42 Å². The number of hydrogen-bond donors (Lipinski definition) is 0. The third kappa shape index (κ3) is 3.94. The van der Waals surface area contributed by atoms with Crippen molar-refractivity contribution >= 4 is 17.3 Å². The number of allylic oxidation sites excluding steroid dienone is 1. The molecule has 2 rings (SSSR count). The van der Waals surface area contributed by atoms with E-state index in [0.29, 0.717) is 24.2 Å². The van der Waals surface area contributed by atoms with E-state index in [1.807, 2.05) is 60.5 Å². The molecule has 0 fully saturated rings. The molecule has 0 bridgehead atoms. The highest BCUT2D eigenvalue weighted by molar-refractivity contribution is 5.88. The molecular formula is C18H16N4. The lowest BCUT2D eigenvalue weighted by molar-refractivity contribution is 0.905. The monoisotopic (exact) mass is 288 g/mol. The SMILES string of the molecule is CN(CCC#N)c1ccc(/C=C(\C#N)c2ccccn2)cc1. The van der Waals surface area contributed by atoms with Gasteiger partial charge in [0.1, 0.15) is 6.07 Å². The van der Waals surface area contributed by atoms with Crippen LogP contribution in [0.3, 0.4) is 0 Å². The molecule has 1 aromatic heterocycles. The molecule has 0 atom stereocenters. The Kier molecular flexibility index (Phi) is 5.29. The van der Waals surface area contributed by atoms with Gasteiger partial charge in [0, 0.05) is 25.5 Å². The first-order chi connectivity index (χ1) is 10.7. The van der Waals surface area contributed by atoms with E-state index >= 15 is 0 Å². The van der Waals surface area contributed by atoms with Gasteiger partial charge in [-0.3, -0.25) is 4.98 Å². The van der Waals surface area contributed by atoms with Crippen LogP contribution in [0.15, 0.2) is 48.7 Å². The Morgan fingerprint density at radius 1 is 1.18 bits per heavy atom. The van der Waals surface area contributed by atoms with E-state index in [9.17, 15) is 5.26 Å². The molecule has 0 unspecified atom stereocenters. The maximum Gasteiger partial charge on any atom is 0.101 e. The molecular weight excluding hydrogens is 272 g/mol. The summed E-state index contributed by atoms with van der Waals surface area (Å²) in [6.45, 7) is 0.697. The van der Waals surface area contributed by atoms with Gasteiger partial charge in [-0.05, 0) is 35.9 Å². The Balaban J connectivity index is 2.18. The van der Waals surface area contributed by atoms with Gasteiger partial charge in [0.25, 0.3) is 0 Å². The van der Waals surface area contributed by atoms with E-state index in [2.05, 4.69) is 17.1 Å². The van der Waals surface area contributed by atoms with Crippen molar-refractivity contribution in [1.82, 2.24) is 4.98 Å². The average Bonchev–Trinajstić information content (AvgIpc) is 2.58. The minimum atomic E-state index is 0.496. The third-order valence-electron chi connectivity index (χ3n) is 3.27. The second-order valence-corrected chi connectivity index (χ2v) is 4.81. The van der Waals surface area contributed by atoms with Crippen molar-refractivity contribution < 1.29 is 0 Å². The van der Waals surface area contributed by atoms with E-state index in [4.69, 9.17) is 5.26 Å². The maximum absolute atomic E-state index is 9.28. The Hall–Kier alpha value is -3.11. The van der Waals surface area contributed by atoms with Gasteiger partial charge < -0.3 is 4.90 Å². The quantitative estimate of drug-likeness (QED) is 0.790. The average molecular weight is 288 g/mol. The summed E-state index contributed by atoms with van der Waals surface area (Å²) in [5.41, 5.74) is 3.19. The zero-order valence-corrected chi connectivity index (χ0v) is 12.4. The maximum atomic E-state index is 9.28. The number of benzene rings is 1. The van der Waals surface area contributed by atoms with Gasteiger partial charge in [-0.25, -0.2) is 0 Å². The summed E-state index contributed by atoms with van der Waals surface area (Å²) in [4.78, 5) is 6.22. The van der Waals surface area contributed by atoms with Crippen molar-refractivity contribution in [1.29, 1.82) is 10.5 Å². The minimum Gasteiger partial charge on any atom is -0.374 e. The largest absolute Gasteiger partial charge is 0.374 e. The summed E-state index contributed by atoms with van der Waals surface area (Å²) in [7, 11) is 1.96. The Labute approximate surface area is 130 Å². The summed E-state index contributed by atoms with van der Waals surface area (Å²) < 4.78 is 0. The first kappa shape index (κ1) is 15.3. The molecule has 1 aromatic carbocycles. The number of aromatic nitrogens is 1. The number of hydrogen-bond acceptors (Lipinski definition) is 4. The number of nitrogens with zero attached hydrogens (tertiary/aromatic N) is 4. The summed E-state index contributed by atoms with van der Waals surface area (Å²) >= 11 is 0. The molecule has 2 aromatic rings. The summed E-state index contributed by atoms with van der Waals surface area (Å²) in [6, 6.07) is 17.7. The lowest BCUT2D eigenvalue weighted by Gasteiger charge is -2.17. The number of nitriles is 2. The highest BCUT2D eigenvalue weighted by Crippen LogP contribution is 2.19. The molecule has 0 N–H and O–H groups in total. The zero-order chi connectivity index (χ0) is 15.8. The first-order valence-electron chi connectivity index (χ1n) is 6.96. The van der Waals surface area contributed by atoms with Crippen LogP contribution in [0.5, 0.6) is 0 Å². The van der Waals surface area contributed by atoms with Gasteiger partial charge in [-0.15, -0.1) is 0 Å². The van der Waals surface area contributed by atoms with E-state index in [1.165, 1.54) is 0 Å². The van der Waals surface area contributed by atoms with Crippen LogP contribution in [-0.4, -0.2) is 18.6 Å². The van der Waals surface area contributed by atoms with E-state index in [-0.39, 0.29) is 0 Å². The fourth-order valence-electron chi connectivity index (χ4n) is 2.02. The van der Waals surface area contributed by atoms with Crippen molar-refractivity contribution in [3.05, 3.63) is 59.9 Å². The molecule has 0 aliphatic carbocycles. The van der Waals surface area contributed by atoms with Gasteiger partial charge in [0.15, 0.2) is 0 Å². The Morgan fingerprint density at radius 3 is 2.55 bits per heavy atom. The van der Waals surface area contributed by atoms with Crippen molar-refractivity contribution in [3.8, 4) is 12.1 Å². The lowest BCUT2D eigenvalue weighted by atomic mass is 10.1. The zero-order valence-electron chi connectivity index (χ0n) is 12.4. The van der Waals surface area contributed by atoms with Crippen LogP contribution in [0.1, 0.15) is 17.7 Å². The van der Waals surface area contributed by atoms with Gasteiger partial charge >= 0.3 is 0 Å². The van der Waals surface area contributed by atoms with Gasteiger partial charge in [0.05, 0.1) is 23.8 Å². The van der Waals surface area contributed by atoms with E-state index < -0.39 is 0 Å². The van der Waals surface area contributed by atoms with Crippen LogP contribution in [0.2, 0.25) is 0 Å². The molecule has 4 heteroatoms. The highest BCUT2D eigenvalue weighted by atomic mass is 15.1. The molecule has 0 aliphatic rings. The van der Waals surface area contributed by atoms with Crippen molar-refractivity contribution in [2.75, 3.05) is 18.5 Å². The van der Waals surface area contributed by atoms with E-state index in [1.54, 1.807) is 6.20 Å². The highest BCUT2D eigenvalue weighted by Gasteiger charge is 2.03. The molecule has 0 aliphatic heterocycles. The van der Waals surface area contributed by atoms with E-state index in [0.717, 1.165) is 11.3 Å². The molecule has 0 saturated carbocycles. The molecule has 0 spiro atoms. The third-order valence-corrected chi connectivity index (χ3v) is 3.27. The Morgan fingerprint density at radius 2 is 1.95 bits per heavy atom. The molecule has 0 amide bonds. The first-order valence-corrected chi connectivity index (χ1v) is 6.96. The summed E-state index contributed by atoms with van der Waals surface area (Å²) in [5, 5.41) is 17.9. The number of rotatable bonds is 5. The number of anilines is 1. The van der Waals surface area contributed by atoms with Crippen molar-refractivity contribution in [3.63, 3.8) is 0 Å². The number of pyridine rings is 1. The Bertz CT molecular complexity index is 718. The predicted molar refractivity (Wildman–Crippen MR) is 87.7 cm³/mol. The standard InChI is InChI=1S/C18H16N4/c1-22(12-4-10-19)17-8-6-15(7-9-17)13-16(14-20)18-5-2-3-11-21-18/h2-3,5-9,11,13H,4,12H2,1H3/b16-13+. The molecule has 22 heavy (non-hydrogen) atoms. The molecule has 4 nitrogen and oxygen atoms in total. The molecule has 1 heterocycles. The molecule has 0 saturated heterocycles. The summed E-state index contributed by atoms with van der Waals surface area (Å²) in [6.07, 6.45) is 3.99. The van der Waals surface area contributed by atoms with Gasteiger partial charge in [0.2, 0.25) is 0 Å². The van der Waals surface area contributed by atoms with Crippen molar-refractivity contribution in [2.24, 2.45) is 0 Å². The van der Waals surface area contributed by atoms with Gasteiger partial charge in [-0.1, -0.05) is 18.2 Å². The van der Waals surface area contributed by atoms with Crippen LogP contribution in [-0.2, 0) is 0 Å². The second-order valence-electron chi connectivity index (χ2n) is 4.81. The topological polar surface area (TPSA) is 63.7 Å². The van der Waals surface area contributed by atoms with Crippen LogP contribution in [0.25, 0.3) is 11.6 Å².